The first-order valence-electron chi connectivity index (χ1n) is 10.3. The lowest BCUT2D eigenvalue weighted by Crippen LogP contribution is -2.29. The zero-order chi connectivity index (χ0) is 22.7. The van der Waals surface area contributed by atoms with Crippen LogP contribution in [0.3, 0.4) is 0 Å². The summed E-state index contributed by atoms with van der Waals surface area (Å²) in [6, 6.07) is 17.9. The van der Waals surface area contributed by atoms with Gasteiger partial charge in [0.05, 0.1) is 14.2 Å². The molecule has 1 atom stereocenters. The molecule has 0 saturated carbocycles. The Morgan fingerprint density at radius 3 is 2.62 bits per heavy atom. The summed E-state index contributed by atoms with van der Waals surface area (Å²) in [6.45, 7) is 2.08. The molecule has 32 heavy (non-hydrogen) atoms. The number of benzene rings is 3. The molecule has 0 aliphatic rings. The quantitative estimate of drug-likeness (QED) is 0.422. The second-order valence-corrected chi connectivity index (χ2v) is 7.59. The number of H-pyrrole nitrogens is 1. The molecule has 0 saturated heterocycles. The molecule has 4 rings (SSSR count). The van der Waals surface area contributed by atoms with Gasteiger partial charge in [0.2, 0.25) is 0 Å². The number of para-hydroxylation sites is 2. The maximum atomic E-state index is 13.7. The van der Waals surface area contributed by atoms with Crippen LogP contribution >= 0.6 is 0 Å². The largest absolute Gasteiger partial charge is 0.493 e. The van der Waals surface area contributed by atoms with Crippen LogP contribution in [0.5, 0.6) is 11.5 Å². The summed E-state index contributed by atoms with van der Waals surface area (Å²) in [5.74, 6) is 0.231. The van der Waals surface area contributed by atoms with Crippen LogP contribution < -0.4 is 14.8 Å². The summed E-state index contributed by atoms with van der Waals surface area (Å²) in [6.07, 6.45) is 1.95. The summed E-state index contributed by atoms with van der Waals surface area (Å²) in [5.41, 5.74) is 3.93. The predicted molar refractivity (Wildman–Crippen MR) is 123 cm³/mol. The molecule has 0 bridgehead atoms. The SMILES string of the molecule is COc1cccc(C(CNC(=O)c2cc(F)ccc2C)c2c[nH]c3ccccc23)c1OC. The Morgan fingerprint density at radius 2 is 1.84 bits per heavy atom. The van der Waals surface area contributed by atoms with E-state index in [2.05, 4.69) is 10.3 Å². The van der Waals surface area contributed by atoms with Crippen molar-refractivity contribution in [2.75, 3.05) is 20.8 Å². The van der Waals surface area contributed by atoms with Gasteiger partial charge in [-0.3, -0.25) is 4.79 Å². The van der Waals surface area contributed by atoms with E-state index in [4.69, 9.17) is 9.47 Å². The van der Waals surface area contributed by atoms with Gasteiger partial charge in [0.25, 0.3) is 5.91 Å². The second kappa shape index (κ2) is 9.14. The monoisotopic (exact) mass is 432 g/mol. The Morgan fingerprint density at radius 1 is 1.03 bits per heavy atom. The van der Waals surface area contributed by atoms with Crippen LogP contribution in [0.2, 0.25) is 0 Å². The summed E-state index contributed by atoms with van der Waals surface area (Å²) in [4.78, 5) is 16.2. The van der Waals surface area contributed by atoms with Crippen molar-refractivity contribution in [3.05, 3.63) is 94.9 Å². The van der Waals surface area contributed by atoms with Crippen molar-refractivity contribution in [1.82, 2.24) is 10.3 Å². The number of hydrogen-bond acceptors (Lipinski definition) is 3. The van der Waals surface area contributed by atoms with Crippen LogP contribution in [-0.4, -0.2) is 31.7 Å². The highest BCUT2D eigenvalue weighted by Gasteiger charge is 2.24. The van der Waals surface area contributed by atoms with Gasteiger partial charge in [-0.05, 0) is 42.3 Å². The third-order valence-corrected chi connectivity index (χ3v) is 5.72. The number of ether oxygens (including phenoxy) is 2. The average molecular weight is 432 g/mol. The molecule has 1 unspecified atom stereocenters. The Balaban J connectivity index is 1.75. The zero-order valence-corrected chi connectivity index (χ0v) is 18.2. The Hall–Kier alpha value is -3.80. The number of fused-ring (bicyclic) bond motifs is 1. The highest BCUT2D eigenvalue weighted by Crippen LogP contribution is 2.40. The van der Waals surface area contributed by atoms with Crippen LogP contribution in [0, 0.1) is 12.7 Å². The first kappa shape index (κ1) is 21.4. The number of aromatic nitrogens is 1. The van der Waals surface area contributed by atoms with Crippen LogP contribution in [-0.2, 0) is 0 Å². The molecule has 1 amide bonds. The fraction of sp³-hybridized carbons (Fsp3) is 0.192. The highest BCUT2D eigenvalue weighted by atomic mass is 19.1. The number of carbonyl (C=O) groups excluding carboxylic acids is 1. The van der Waals surface area contributed by atoms with E-state index in [9.17, 15) is 9.18 Å². The number of nitrogens with one attached hydrogen (secondary N) is 2. The normalized spacial score (nSPS) is 11.9. The van der Waals surface area contributed by atoms with Crippen molar-refractivity contribution < 1.29 is 18.7 Å². The van der Waals surface area contributed by atoms with Gasteiger partial charge in [0.1, 0.15) is 5.82 Å². The third kappa shape index (κ3) is 4.04. The number of amides is 1. The average Bonchev–Trinajstić information content (AvgIpc) is 3.24. The molecule has 0 aliphatic heterocycles. The number of halogens is 1. The first-order chi connectivity index (χ1) is 15.5. The van der Waals surface area contributed by atoms with Crippen molar-refractivity contribution in [2.24, 2.45) is 0 Å². The fourth-order valence-corrected chi connectivity index (χ4v) is 4.08. The minimum Gasteiger partial charge on any atom is -0.493 e. The van der Waals surface area contributed by atoms with E-state index >= 15 is 0 Å². The molecule has 0 radical (unpaired) electrons. The fourth-order valence-electron chi connectivity index (χ4n) is 4.08. The van der Waals surface area contributed by atoms with Gasteiger partial charge < -0.3 is 19.8 Å². The minimum absolute atomic E-state index is 0.228. The van der Waals surface area contributed by atoms with Crippen molar-refractivity contribution in [3.8, 4) is 11.5 Å². The summed E-state index contributed by atoms with van der Waals surface area (Å²) >= 11 is 0. The van der Waals surface area contributed by atoms with E-state index in [1.54, 1.807) is 27.2 Å². The lowest BCUT2D eigenvalue weighted by Gasteiger charge is -2.22. The number of carbonyl (C=O) groups is 1. The summed E-state index contributed by atoms with van der Waals surface area (Å²) in [7, 11) is 3.19. The Kier molecular flexibility index (Phi) is 6.12. The number of aryl methyl sites for hydroxylation is 1. The van der Waals surface area contributed by atoms with Crippen LogP contribution in [0.4, 0.5) is 4.39 Å². The molecule has 6 heteroatoms. The lowest BCUT2D eigenvalue weighted by atomic mass is 9.89. The van der Waals surface area contributed by atoms with E-state index in [0.717, 1.165) is 22.0 Å². The van der Waals surface area contributed by atoms with Crippen LogP contribution in [0.25, 0.3) is 10.9 Å². The summed E-state index contributed by atoms with van der Waals surface area (Å²) in [5, 5.41) is 4.05. The van der Waals surface area contributed by atoms with Crippen molar-refractivity contribution in [2.45, 2.75) is 12.8 Å². The van der Waals surface area contributed by atoms with Crippen molar-refractivity contribution in [3.63, 3.8) is 0 Å². The molecule has 4 aromatic rings. The van der Waals surface area contributed by atoms with Crippen molar-refractivity contribution in [1.29, 1.82) is 0 Å². The molecule has 2 N–H and O–H groups in total. The molecular weight excluding hydrogens is 407 g/mol. The van der Waals surface area contributed by atoms with E-state index in [-0.39, 0.29) is 11.8 Å². The smallest absolute Gasteiger partial charge is 0.251 e. The van der Waals surface area contributed by atoms with E-state index in [1.165, 1.54) is 12.1 Å². The van der Waals surface area contributed by atoms with Gasteiger partial charge >= 0.3 is 0 Å². The molecule has 3 aromatic carbocycles. The second-order valence-electron chi connectivity index (χ2n) is 7.59. The van der Waals surface area contributed by atoms with Gasteiger partial charge in [0, 0.05) is 40.7 Å². The van der Waals surface area contributed by atoms with Gasteiger partial charge in [-0.2, -0.15) is 0 Å². The molecule has 5 nitrogen and oxygen atoms in total. The lowest BCUT2D eigenvalue weighted by molar-refractivity contribution is 0.0951. The van der Waals surface area contributed by atoms with Gasteiger partial charge in [-0.25, -0.2) is 4.39 Å². The maximum Gasteiger partial charge on any atom is 0.251 e. The zero-order valence-electron chi connectivity index (χ0n) is 18.2. The topological polar surface area (TPSA) is 63.3 Å². The van der Waals surface area contributed by atoms with Crippen LogP contribution in [0.1, 0.15) is 33.0 Å². The molecular formula is C26H25FN2O3. The number of rotatable bonds is 7. The third-order valence-electron chi connectivity index (χ3n) is 5.72. The molecule has 0 fully saturated rings. The van der Waals surface area contributed by atoms with Crippen molar-refractivity contribution >= 4 is 16.8 Å². The molecule has 0 spiro atoms. The summed E-state index contributed by atoms with van der Waals surface area (Å²) < 4.78 is 24.9. The predicted octanol–water partition coefficient (Wildman–Crippen LogP) is 5.19. The minimum atomic E-state index is -0.441. The first-order valence-corrected chi connectivity index (χ1v) is 10.3. The maximum absolute atomic E-state index is 13.7. The van der Waals surface area contributed by atoms with E-state index in [0.29, 0.717) is 29.2 Å². The molecule has 164 valence electrons. The Labute approximate surface area is 186 Å². The highest BCUT2D eigenvalue weighted by molar-refractivity contribution is 5.95. The van der Waals surface area contributed by atoms with Gasteiger partial charge in [0.15, 0.2) is 11.5 Å². The van der Waals surface area contributed by atoms with Gasteiger partial charge in [-0.1, -0.05) is 36.4 Å². The Bertz CT molecular complexity index is 1270. The van der Waals surface area contributed by atoms with Crippen LogP contribution in [0.15, 0.2) is 66.9 Å². The van der Waals surface area contributed by atoms with E-state index < -0.39 is 5.82 Å². The van der Waals surface area contributed by atoms with E-state index in [1.807, 2.05) is 48.7 Å². The molecule has 0 aliphatic carbocycles. The molecule has 1 aromatic heterocycles. The van der Waals surface area contributed by atoms with Gasteiger partial charge in [-0.15, -0.1) is 0 Å². The number of aromatic amines is 1. The standard InChI is InChI=1S/C26H25FN2O3/c1-16-11-12-17(27)13-20(16)26(30)29-15-22(19-8-6-10-24(31-2)25(19)32-3)21-14-28-23-9-5-4-7-18(21)23/h4-14,22,28H,15H2,1-3H3,(H,29,30). The number of methoxy groups -OCH3 is 2. The molecule has 1 heterocycles. The number of hydrogen-bond donors (Lipinski definition) is 2.